The third-order valence-corrected chi connectivity index (χ3v) is 64.5. The number of hydrogen-bond acceptors (Lipinski definition) is 0. The first-order valence-electron chi connectivity index (χ1n) is 16.7. The summed E-state index contributed by atoms with van der Waals surface area (Å²) in [5.41, 5.74) is 7.82. The molecule has 1 spiro atoms. The molecule has 2 heterocycles. The Bertz CT molecular complexity index is 975. The number of rotatable bonds is 12. The molecule has 0 aromatic rings. The van der Waals surface area contributed by atoms with E-state index in [-0.39, 0.29) is 0 Å². The molecule has 0 N–H and O–H groups in total. The molecule has 0 aliphatic carbocycles. The van der Waals surface area contributed by atoms with Gasteiger partial charge < -0.3 is 0 Å². The van der Waals surface area contributed by atoms with Crippen molar-refractivity contribution in [2.75, 3.05) is 0 Å². The second-order valence-corrected chi connectivity index (χ2v) is 52.5. The van der Waals surface area contributed by atoms with Crippen LogP contribution in [0.3, 0.4) is 0 Å². The van der Waals surface area contributed by atoms with Crippen LogP contribution in [0.1, 0.15) is 54.4 Å². The Hall–Kier alpha value is 0.756. The molecule has 2 aliphatic heterocycles. The van der Waals surface area contributed by atoms with E-state index in [1.165, 1.54) is 38.1 Å². The van der Waals surface area contributed by atoms with Crippen LogP contribution in [0, 0.1) is 0 Å². The van der Waals surface area contributed by atoms with Crippen molar-refractivity contribution in [1.29, 1.82) is 0 Å². The van der Waals surface area contributed by atoms with E-state index in [1.807, 2.05) is 22.1 Å². The molecule has 39 heavy (non-hydrogen) atoms. The summed E-state index contributed by atoms with van der Waals surface area (Å²) in [6, 6.07) is 0. The Labute approximate surface area is 255 Å². The quantitative estimate of drug-likeness (QED) is 0.178. The summed E-state index contributed by atoms with van der Waals surface area (Å²) < 4.78 is 8.81. The Morgan fingerprint density at radius 2 is 0.641 bits per heavy atom. The van der Waals surface area contributed by atoms with Crippen molar-refractivity contribution in [3.63, 3.8) is 0 Å². The molecule has 0 saturated carbocycles. The molecular formula is C32H66B2Si4Sn. The van der Waals surface area contributed by atoms with Gasteiger partial charge in [-0.15, -0.1) is 0 Å². The van der Waals surface area contributed by atoms with E-state index in [0.29, 0.717) is 0 Å². The van der Waals surface area contributed by atoms with Crippen molar-refractivity contribution in [2.24, 2.45) is 0 Å². The van der Waals surface area contributed by atoms with E-state index in [9.17, 15) is 0 Å². The van der Waals surface area contributed by atoms with E-state index in [4.69, 9.17) is 0 Å². The molecule has 0 nitrogen and oxygen atoms in total. The van der Waals surface area contributed by atoms with Gasteiger partial charge in [-0.1, -0.05) is 0 Å². The predicted octanol–water partition coefficient (Wildman–Crippen LogP) is 11.3. The molecule has 0 unspecified atom stereocenters. The minimum absolute atomic E-state index is 0.747. The maximum absolute atomic E-state index is 3.45. The van der Waals surface area contributed by atoms with Gasteiger partial charge in [0.2, 0.25) is 0 Å². The molecule has 0 aromatic heterocycles. The van der Waals surface area contributed by atoms with Crippen molar-refractivity contribution in [3.8, 4) is 0 Å². The Balaban J connectivity index is 3.61. The molecule has 2 rings (SSSR count). The van der Waals surface area contributed by atoms with Crippen molar-refractivity contribution in [3.05, 3.63) is 34.9 Å². The van der Waals surface area contributed by atoms with Crippen LogP contribution in [0.2, 0.25) is 104 Å². The zero-order chi connectivity index (χ0) is 30.5. The van der Waals surface area contributed by atoms with Gasteiger partial charge in [0.25, 0.3) is 0 Å². The van der Waals surface area contributed by atoms with Crippen LogP contribution in [0.25, 0.3) is 0 Å². The van der Waals surface area contributed by atoms with Crippen LogP contribution in [0.5, 0.6) is 0 Å². The Morgan fingerprint density at radius 3 is 0.795 bits per heavy atom. The second-order valence-electron chi connectivity index (χ2n) is 16.8. The summed E-state index contributed by atoms with van der Waals surface area (Å²) in [4.78, 5) is 0. The average Bonchev–Trinajstić information content (AvgIpc) is 3.25. The Morgan fingerprint density at radius 1 is 0.410 bits per heavy atom. The van der Waals surface area contributed by atoms with Gasteiger partial charge in [0, 0.05) is 0 Å². The monoisotopic (exact) mass is 704 g/mol. The van der Waals surface area contributed by atoms with Crippen molar-refractivity contribution < 1.29 is 0 Å². The molecule has 0 saturated heterocycles. The average molecular weight is 704 g/mol. The Kier molecular flexibility index (Phi) is 11.4. The molecular weight excluding hydrogens is 637 g/mol. The van der Waals surface area contributed by atoms with Crippen LogP contribution in [-0.4, -0.2) is 64.1 Å². The fourth-order valence-electron chi connectivity index (χ4n) is 9.17. The third kappa shape index (κ3) is 6.09. The van der Waals surface area contributed by atoms with Crippen LogP contribution in [0.15, 0.2) is 34.9 Å². The standard InChI is InChI=1S/2C16H33BSi2.Sn/c2*1-10-15(13-18(4,5)6)16(14-19(7,8)9)17(11-2)12-3;/h2*10-12H2,1-9H3;. The van der Waals surface area contributed by atoms with Crippen LogP contribution in [0.4, 0.5) is 0 Å². The van der Waals surface area contributed by atoms with Crippen molar-refractivity contribution >= 4 is 64.1 Å². The van der Waals surface area contributed by atoms with E-state index >= 15 is 0 Å². The van der Waals surface area contributed by atoms with Crippen molar-refractivity contribution in [2.45, 2.75) is 158 Å². The van der Waals surface area contributed by atoms with E-state index < -0.39 is 50.7 Å². The zero-order valence-corrected chi connectivity index (χ0v) is 36.8. The molecule has 0 radical (unpaired) electrons. The topological polar surface area (TPSA) is 0 Å². The van der Waals surface area contributed by atoms with E-state index in [0.717, 1.165) is 13.4 Å². The van der Waals surface area contributed by atoms with Gasteiger partial charge in [-0.3, -0.25) is 0 Å². The number of allylic oxidation sites excluding steroid dienone is 4. The molecule has 220 valence electrons. The summed E-state index contributed by atoms with van der Waals surface area (Å²) in [6.07, 6.45) is 7.75. The molecule has 0 aromatic carbocycles. The normalized spacial score (nSPS) is 18.9. The van der Waals surface area contributed by atoms with Gasteiger partial charge in [-0.05, 0) is 0 Å². The summed E-state index contributed by atoms with van der Waals surface area (Å²) >= 11 is -3.45. The summed E-state index contributed by atoms with van der Waals surface area (Å²) in [5, 5.41) is 0. The first-order valence-corrected chi connectivity index (χ1v) is 36.4. The van der Waals surface area contributed by atoms with Crippen LogP contribution in [-0.2, 0) is 0 Å². The van der Waals surface area contributed by atoms with Gasteiger partial charge in [0.1, 0.15) is 0 Å². The second kappa shape index (κ2) is 12.4. The molecule has 2 aliphatic rings. The van der Waals surface area contributed by atoms with Crippen LogP contribution >= 0.6 is 0 Å². The van der Waals surface area contributed by atoms with Gasteiger partial charge >= 0.3 is 257 Å². The molecule has 0 atom stereocenters. The predicted molar refractivity (Wildman–Crippen MR) is 201 cm³/mol. The molecule has 0 bridgehead atoms. The third-order valence-electron chi connectivity index (χ3n) is 9.79. The maximum atomic E-state index is 2.77. The molecule has 7 heteroatoms. The van der Waals surface area contributed by atoms with Gasteiger partial charge in [-0.2, -0.15) is 0 Å². The van der Waals surface area contributed by atoms with Crippen LogP contribution < -0.4 is 0 Å². The van der Waals surface area contributed by atoms with E-state index in [1.54, 1.807) is 0 Å². The molecule has 0 fully saturated rings. The first-order chi connectivity index (χ1) is 17.7. The summed E-state index contributed by atoms with van der Waals surface area (Å²) in [6.45, 7) is 49.8. The fraction of sp³-hybridized carbons (Fsp3) is 0.750. The van der Waals surface area contributed by atoms with Gasteiger partial charge in [0.05, 0.1) is 0 Å². The first kappa shape index (κ1) is 35.9. The number of hydrogen-bond donors (Lipinski definition) is 0. The molecule has 0 amide bonds. The fourth-order valence-corrected chi connectivity index (χ4v) is 85.0. The summed E-state index contributed by atoms with van der Waals surface area (Å²) in [5.74, 6) is 0. The van der Waals surface area contributed by atoms with Gasteiger partial charge in [0.15, 0.2) is 0 Å². The van der Waals surface area contributed by atoms with E-state index in [2.05, 4.69) is 133 Å². The SMILES string of the molecule is CCB(CC)C1=[C]([Si](C)(C)C)[Sn]2([C]([Si](C)(C)C)=C1CC)[C]([Si](C)(C)C)=C(CC)C(B(CC)CC)=[C]2[Si](C)(C)C. The summed E-state index contributed by atoms with van der Waals surface area (Å²) in [7, 11) is -6.51. The van der Waals surface area contributed by atoms with Crippen molar-refractivity contribution in [1.82, 2.24) is 0 Å². The van der Waals surface area contributed by atoms with Gasteiger partial charge in [-0.25, -0.2) is 0 Å². The minimum atomic E-state index is -3.45. The zero-order valence-electron chi connectivity index (χ0n) is 29.9.